The van der Waals surface area contributed by atoms with Crippen LogP contribution in [-0.4, -0.2) is 29.8 Å². The first-order valence-electron chi connectivity index (χ1n) is 9.24. The number of nitrogens with one attached hydrogen (secondary N) is 2. The predicted molar refractivity (Wildman–Crippen MR) is 115 cm³/mol. The highest BCUT2D eigenvalue weighted by atomic mass is 32.2. The Labute approximate surface area is 173 Å². The van der Waals surface area contributed by atoms with Crippen molar-refractivity contribution in [3.63, 3.8) is 0 Å². The standard InChI is InChI=1S/C21H24N2O3S2/c1-22-19(24)11-6-15-4-7-16(8-5-15)17-9-10-18(28-17)21(14-20(25)23-26)12-2-3-13-27-21/h4-11,26H,2-3,12-14H2,1H3,(H,22,24)(H,23,25)/t21-/m0/s1. The molecular weight excluding hydrogens is 392 g/mol. The average Bonchev–Trinajstić information content (AvgIpc) is 3.24. The molecular formula is C21H24N2O3S2. The summed E-state index contributed by atoms with van der Waals surface area (Å²) in [5.41, 5.74) is 3.86. The van der Waals surface area contributed by atoms with Crippen LogP contribution in [0.4, 0.5) is 0 Å². The number of carbonyl (C=O) groups is 2. The number of amides is 2. The van der Waals surface area contributed by atoms with Crippen molar-refractivity contribution in [1.29, 1.82) is 0 Å². The number of carbonyl (C=O) groups excluding carboxylic acids is 2. The quantitative estimate of drug-likeness (QED) is 0.375. The number of likely N-dealkylation sites (N-methyl/N-ethyl adjacent to an activating group) is 1. The van der Waals surface area contributed by atoms with Crippen molar-refractivity contribution in [2.75, 3.05) is 12.8 Å². The summed E-state index contributed by atoms with van der Waals surface area (Å²) in [6, 6.07) is 12.3. The van der Waals surface area contributed by atoms with Gasteiger partial charge >= 0.3 is 0 Å². The Morgan fingerprint density at radius 1 is 1.18 bits per heavy atom. The molecule has 2 aromatic rings. The number of hydroxylamine groups is 1. The first-order chi connectivity index (χ1) is 13.6. The lowest BCUT2D eigenvalue weighted by molar-refractivity contribution is -0.129. The van der Waals surface area contributed by atoms with Gasteiger partial charge in [-0.25, -0.2) is 5.48 Å². The van der Waals surface area contributed by atoms with Crippen LogP contribution < -0.4 is 10.8 Å². The summed E-state index contributed by atoms with van der Waals surface area (Å²) in [5.74, 6) is 0.559. The molecule has 1 aliphatic heterocycles. The Balaban J connectivity index is 1.81. The van der Waals surface area contributed by atoms with E-state index in [1.165, 1.54) is 11.0 Å². The second kappa shape index (κ2) is 9.41. The molecule has 0 saturated carbocycles. The van der Waals surface area contributed by atoms with Crippen molar-refractivity contribution >= 4 is 41.0 Å². The summed E-state index contributed by atoms with van der Waals surface area (Å²) < 4.78 is -0.260. The van der Waals surface area contributed by atoms with Crippen molar-refractivity contribution in [3.05, 3.63) is 52.9 Å². The summed E-state index contributed by atoms with van der Waals surface area (Å²) in [4.78, 5) is 25.5. The molecule has 2 amide bonds. The third kappa shape index (κ3) is 4.84. The second-order valence-electron chi connectivity index (χ2n) is 6.75. The second-order valence-corrected chi connectivity index (χ2v) is 9.31. The maximum atomic E-state index is 11.9. The maximum absolute atomic E-state index is 11.9. The molecule has 1 atom stereocenters. The van der Waals surface area contributed by atoms with Crippen LogP contribution in [0.2, 0.25) is 0 Å². The molecule has 0 unspecified atom stereocenters. The first-order valence-corrected chi connectivity index (χ1v) is 11.0. The summed E-state index contributed by atoms with van der Waals surface area (Å²) in [5, 5.41) is 11.6. The topological polar surface area (TPSA) is 78.4 Å². The fourth-order valence-corrected chi connectivity index (χ4v) is 6.22. The van der Waals surface area contributed by atoms with E-state index in [0.29, 0.717) is 0 Å². The Morgan fingerprint density at radius 3 is 2.61 bits per heavy atom. The fraction of sp³-hybridized carbons (Fsp3) is 0.333. The van der Waals surface area contributed by atoms with Gasteiger partial charge in [-0.2, -0.15) is 0 Å². The summed E-state index contributed by atoms with van der Waals surface area (Å²) >= 11 is 3.53. The van der Waals surface area contributed by atoms with E-state index < -0.39 is 0 Å². The van der Waals surface area contributed by atoms with Gasteiger partial charge in [-0.05, 0) is 47.9 Å². The molecule has 148 valence electrons. The minimum absolute atomic E-state index is 0.130. The van der Waals surface area contributed by atoms with E-state index in [0.717, 1.165) is 41.0 Å². The van der Waals surface area contributed by atoms with Crippen LogP contribution >= 0.6 is 23.1 Å². The van der Waals surface area contributed by atoms with Gasteiger partial charge in [0.2, 0.25) is 11.8 Å². The molecule has 28 heavy (non-hydrogen) atoms. The van der Waals surface area contributed by atoms with Crippen LogP contribution in [0.5, 0.6) is 0 Å². The van der Waals surface area contributed by atoms with Gasteiger partial charge in [0.15, 0.2) is 0 Å². The molecule has 1 aromatic heterocycles. The Bertz CT molecular complexity index is 853. The largest absolute Gasteiger partial charge is 0.356 e. The van der Waals surface area contributed by atoms with Crippen LogP contribution in [0.3, 0.4) is 0 Å². The number of benzene rings is 1. The molecule has 1 fully saturated rings. The smallest absolute Gasteiger partial charge is 0.245 e. The molecule has 0 radical (unpaired) electrons. The van der Waals surface area contributed by atoms with E-state index in [4.69, 9.17) is 5.21 Å². The molecule has 0 aliphatic carbocycles. The zero-order valence-corrected chi connectivity index (χ0v) is 17.4. The van der Waals surface area contributed by atoms with E-state index in [1.54, 1.807) is 29.9 Å². The van der Waals surface area contributed by atoms with E-state index >= 15 is 0 Å². The van der Waals surface area contributed by atoms with Crippen LogP contribution in [0, 0.1) is 0 Å². The van der Waals surface area contributed by atoms with Crippen molar-refractivity contribution in [3.8, 4) is 10.4 Å². The minimum Gasteiger partial charge on any atom is -0.356 e. The van der Waals surface area contributed by atoms with Gasteiger partial charge in [0.05, 0.1) is 4.75 Å². The first kappa shape index (κ1) is 20.6. The van der Waals surface area contributed by atoms with Crippen LogP contribution in [0.25, 0.3) is 16.5 Å². The number of rotatable bonds is 6. The Hall–Kier alpha value is -2.09. The van der Waals surface area contributed by atoms with Gasteiger partial charge in [0.1, 0.15) is 0 Å². The van der Waals surface area contributed by atoms with Crippen LogP contribution in [-0.2, 0) is 14.3 Å². The molecule has 3 rings (SSSR count). The van der Waals surface area contributed by atoms with Crippen LogP contribution in [0.1, 0.15) is 36.1 Å². The Morgan fingerprint density at radius 2 is 1.96 bits per heavy atom. The van der Waals surface area contributed by atoms with E-state index in [1.807, 2.05) is 36.0 Å². The zero-order valence-electron chi connectivity index (χ0n) is 15.7. The van der Waals surface area contributed by atoms with Gasteiger partial charge < -0.3 is 5.32 Å². The van der Waals surface area contributed by atoms with E-state index in [9.17, 15) is 9.59 Å². The van der Waals surface area contributed by atoms with Crippen molar-refractivity contribution in [1.82, 2.24) is 10.8 Å². The lowest BCUT2D eigenvalue weighted by Gasteiger charge is -2.35. The molecule has 5 nitrogen and oxygen atoms in total. The molecule has 3 N–H and O–H groups in total. The number of hydrogen-bond acceptors (Lipinski definition) is 5. The molecule has 7 heteroatoms. The Kier molecular flexibility index (Phi) is 6.93. The lowest BCUT2D eigenvalue weighted by atomic mass is 9.94. The highest BCUT2D eigenvalue weighted by Gasteiger charge is 2.38. The fourth-order valence-electron chi connectivity index (χ4n) is 3.32. The van der Waals surface area contributed by atoms with E-state index in [-0.39, 0.29) is 23.0 Å². The molecule has 1 saturated heterocycles. The molecule has 2 heterocycles. The van der Waals surface area contributed by atoms with Gasteiger partial charge in [-0.3, -0.25) is 14.8 Å². The van der Waals surface area contributed by atoms with Gasteiger partial charge in [-0.1, -0.05) is 30.7 Å². The van der Waals surface area contributed by atoms with Gasteiger partial charge in [0.25, 0.3) is 0 Å². The van der Waals surface area contributed by atoms with Gasteiger partial charge in [-0.15, -0.1) is 23.1 Å². The van der Waals surface area contributed by atoms with Gasteiger partial charge in [0, 0.05) is 29.3 Å². The SMILES string of the molecule is CNC(=O)C=Cc1ccc(-c2ccc([C@@]3(CC(=O)NO)CCCCS3)s2)cc1. The predicted octanol–water partition coefficient (Wildman–Crippen LogP) is 4.18. The number of thioether (sulfide) groups is 1. The van der Waals surface area contributed by atoms with E-state index in [2.05, 4.69) is 17.4 Å². The molecule has 1 aliphatic rings. The monoisotopic (exact) mass is 416 g/mol. The number of hydrogen-bond donors (Lipinski definition) is 3. The third-order valence-corrected chi connectivity index (χ3v) is 7.93. The van der Waals surface area contributed by atoms with Crippen LogP contribution in [0.15, 0.2) is 42.5 Å². The molecule has 0 bridgehead atoms. The van der Waals surface area contributed by atoms with Crippen molar-refractivity contribution in [2.45, 2.75) is 30.4 Å². The lowest BCUT2D eigenvalue weighted by Crippen LogP contribution is -2.32. The number of thiophene rings is 1. The molecule has 1 aromatic carbocycles. The highest BCUT2D eigenvalue weighted by Crippen LogP contribution is 2.50. The van der Waals surface area contributed by atoms with Crippen molar-refractivity contribution in [2.24, 2.45) is 0 Å². The highest BCUT2D eigenvalue weighted by molar-refractivity contribution is 8.00. The van der Waals surface area contributed by atoms with Crippen molar-refractivity contribution < 1.29 is 14.8 Å². The summed E-state index contributed by atoms with van der Waals surface area (Å²) in [7, 11) is 1.60. The molecule has 0 spiro atoms. The summed E-state index contributed by atoms with van der Waals surface area (Å²) in [6.45, 7) is 0. The minimum atomic E-state index is -0.336. The summed E-state index contributed by atoms with van der Waals surface area (Å²) in [6.07, 6.45) is 6.77. The zero-order chi connectivity index (χ0) is 20.0. The third-order valence-electron chi connectivity index (χ3n) is 4.85. The normalized spacial score (nSPS) is 19.5. The maximum Gasteiger partial charge on any atom is 0.245 e. The average molecular weight is 417 g/mol.